The molecule has 4 rings (SSSR count). The molecular weight excluding hydrogens is 300 g/mol. The van der Waals surface area contributed by atoms with Crippen molar-refractivity contribution in [2.75, 3.05) is 37.2 Å². The quantitative estimate of drug-likeness (QED) is 0.773. The van der Waals surface area contributed by atoms with Gasteiger partial charge in [0.1, 0.15) is 0 Å². The summed E-state index contributed by atoms with van der Waals surface area (Å²) in [6, 6.07) is 4.11. The van der Waals surface area contributed by atoms with Crippen LogP contribution in [0.15, 0.2) is 36.9 Å². The molecule has 6 nitrogen and oxygen atoms in total. The molecule has 0 atom stereocenters. The van der Waals surface area contributed by atoms with Crippen LogP contribution in [0.3, 0.4) is 0 Å². The van der Waals surface area contributed by atoms with Crippen molar-refractivity contribution >= 4 is 11.4 Å². The highest BCUT2D eigenvalue weighted by atomic mass is 15.5. The molecule has 2 aromatic heterocycles. The summed E-state index contributed by atoms with van der Waals surface area (Å²) in [5.41, 5.74) is 11.6. The third-order valence-electron chi connectivity index (χ3n) is 3.97. The first-order valence-electron chi connectivity index (χ1n) is 8.56. The fraction of sp³-hybridized carbons (Fsp3) is 0.444. The summed E-state index contributed by atoms with van der Waals surface area (Å²) in [4.78, 5) is 8.14. The monoisotopic (exact) mass is 328 g/mol. The van der Waals surface area contributed by atoms with E-state index in [0.717, 1.165) is 25.9 Å². The summed E-state index contributed by atoms with van der Waals surface area (Å²) in [5, 5.41) is 4.06. The summed E-state index contributed by atoms with van der Waals surface area (Å²) < 4.78 is 0. The zero-order valence-electron chi connectivity index (χ0n) is 15.1. The van der Waals surface area contributed by atoms with Crippen molar-refractivity contribution in [1.82, 2.24) is 20.8 Å². The highest BCUT2D eigenvalue weighted by Crippen LogP contribution is 2.20. The van der Waals surface area contributed by atoms with Crippen LogP contribution in [-0.4, -0.2) is 37.2 Å². The van der Waals surface area contributed by atoms with Crippen LogP contribution >= 0.6 is 0 Å². The molecule has 0 saturated heterocycles. The van der Waals surface area contributed by atoms with E-state index in [0.29, 0.717) is 0 Å². The number of anilines is 2. The van der Waals surface area contributed by atoms with Crippen molar-refractivity contribution in [2.24, 2.45) is 0 Å². The average Bonchev–Trinajstić information content (AvgIpc) is 2.65. The Balaban J connectivity index is 0.000000158. The first kappa shape index (κ1) is 18.2. The van der Waals surface area contributed by atoms with E-state index in [1.165, 1.54) is 22.5 Å². The van der Waals surface area contributed by atoms with Crippen LogP contribution in [0.25, 0.3) is 0 Å². The smallest absolute Gasteiger partial charge is 0.0732 e. The van der Waals surface area contributed by atoms with Gasteiger partial charge in [-0.3, -0.25) is 9.97 Å². The van der Waals surface area contributed by atoms with Gasteiger partial charge in [-0.25, -0.2) is 10.9 Å². The Kier molecular flexibility index (Phi) is 6.96. The molecule has 0 aromatic carbocycles. The molecule has 0 bridgehead atoms. The molecule has 0 unspecified atom stereocenters. The Morgan fingerprint density at radius 2 is 1.38 bits per heavy atom. The zero-order valence-corrected chi connectivity index (χ0v) is 15.1. The van der Waals surface area contributed by atoms with Crippen molar-refractivity contribution in [3.8, 4) is 0 Å². The van der Waals surface area contributed by atoms with E-state index in [4.69, 9.17) is 0 Å². The van der Waals surface area contributed by atoms with Crippen LogP contribution in [0.2, 0.25) is 0 Å². The molecule has 4 heterocycles. The van der Waals surface area contributed by atoms with Gasteiger partial charge in [-0.05, 0) is 36.1 Å². The molecule has 2 aliphatic rings. The van der Waals surface area contributed by atoms with Crippen LogP contribution in [0.1, 0.15) is 25.0 Å². The van der Waals surface area contributed by atoms with E-state index < -0.39 is 0 Å². The molecule has 24 heavy (non-hydrogen) atoms. The summed E-state index contributed by atoms with van der Waals surface area (Å²) in [7, 11) is 4.04. The van der Waals surface area contributed by atoms with E-state index >= 15 is 0 Å². The van der Waals surface area contributed by atoms with Gasteiger partial charge in [0.05, 0.1) is 17.6 Å². The fourth-order valence-corrected chi connectivity index (χ4v) is 2.75. The lowest BCUT2D eigenvalue weighted by Gasteiger charge is -2.27. The van der Waals surface area contributed by atoms with E-state index in [2.05, 4.69) is 26.9 Å². The fourth-order valence-electron chi connectivity index (χ4n) is 2.75. The molecule has 2 N–H and O–H groups in total. The van der Waals surface area contributed by atoms with Gasteiger partial charge in [-0.1, -0.05) is 13.8 Å². The van der Waals surface area contributed by atoms with Crippen LogP contribution in [-0.2, 0) is 12.8 Å². The second-order valence-corrected chi connectivity index (χ2v) is 5.44. The molecule has 0 fully saturated rings. The van der Waals surface area contributed by atoms with Crippen LogP contribution in [0.4, 0.5) is 11.4 Å². The molecule has 6 heteroatoms. The summed E-state index contributed by atoms with van der Waals surface area (Å²) >= 11 is 0. The molecule has 0 amide bonds. The normalized spacial score (nSPS) is 15.2. The zero-order chi connectivity index (χ0) is 17.4. The number of nitrogens with zero attached hydrogens (tertiary/aromatic N) is 4. The summed E-state index contributed by atoms with van der Waals surface area (Å²) in [6.07, 6.45) is 9.67. The Morgan fingerprint density at radius 3 is 2.04 bits per heavy atom. The first-order valence-corrected chi connectivity index (χ1v) is 8.56. The van der Waals surface area contributed by atoms with Crippen molar-refractivity contribution in [3.63, 3.8) is 0 Å². The highest BCUT2D eigenvalue weighted by Gasteiger charge is 2.12. The number of hydrogen-bond acceptors (Lipinski definition) is 6. The third kappa shape index (κ3) is 4.43. The Labute approximate surface area is 144 Å². The van der Waals surface area contributed by atoms with Gasteiger partial charge in [0.15, 0.2) is 0 Å². The third-order valence-corrected chi connectivity index (χ3v) is 3.97. The number of rotatable bonds is 0. The van der Waals surface area contributed by atoms with E-state index in [9.17, 15) is 0 Å². The minimum absolute atomic E-state index is 1.01. The average molecular weight is 328 g/mol. The predicted molar refractivity (Wildman–Crippen MR) is 100 cm³/mol. The molecule has 2 aromatic rings. The lowest BCUT2D eigenvalue weighted by atomic mass is 10.1. The second kappa shape index (κ2) is 9.20. The van der Waals surface area contributed by atoms with Gasteiger partial charge < -0.3 is 10.0 Å². The second-order valence-electron chi connectivity index (χ2n) is 5.44. The Bertz CT molecular complexity index is 575. The van der Waals surface area contributed by atoms with Gasteiger partial charge in [0.2, 0.25) is 0 Å². The van der Waals surface area contributed by atoms with Crippen molar-refractivity contribution in [3.05, 3.63) is 48.0 Å². The lowest BCUT2D eigenvalue weighted by molar-refractivity contribution is 0.639. The number of aromatic nitrogens is 2. The number of fused-ring (bicyclic) bond motifs is 2. The van der Waals surface area contributed by atoms with Gasteiger partial charge >= 0.3 is 0 Å². The van der Waals surface area contributed by atoms with Crippen LogP contribution in [0, 0.1) is 0 Å². The highest BCUT2D eigenvalue weighted by molar-refractivity contribution is 5.52. The van der Waals surface area contributed by atoms with Crippen molar-refractivity contribution in [1.29, 1.82) is 0 Å². The first-order chi connectivity index (χ1) is 11.8. The standard InChI is InChI=1S/2C8H11N3.C2H6/c1-11-8-3-4-9-6-7(8)2-5-10-11;1-11-8-6-9-4-2-7(8)3-5-10-11;1-2/h3-4,6,10H,2,5H2,1H3;2,4,6,10H,3,5H2,1H3;1-2H3. The number of hydrazine groups is 2. The topological polar surface area (TPSA) is 56.3 Å². The van der Waals surface area contributed by atoms with Gasteiger partial charge in [-0.2, -0.15) is 0 Å². The molecule has 0 radical (unpaired) electrons. The van der Waals surface area contributed by atoms with E-state index in [-0.39, 0.29) is 0 Å². The number of hydrogen-bond donors (Lipinski definition) is 2. The van der Waals surface area contributed by atoms with E-state index in [1.807, 2.05) is 68.8 Å². The Morgan fingerprint density at radius 1 is 0.792 bits per heavy atom. The van der Waals surface area contributed by atoms with Crippen molar-refractivity contribution in [2.45, 2.75) is 26.7 Å². The maximum Gasteiger partial charge on any atom is 0.0732 e. The molecule has 0 aliphatic carbocycles. The molecule has 0 spiro atoms. The lowest BCUT2D eigenvalue weighted by Crippen LogP contribution is -2.40. The number of nitrogens with one attached hydrogen (secondary N) is 2. The summed E-state index contributed by atoms with van der Waals surface area (Å²) in [6.45, 7) is 6.03. The molecule has 2 aliphatic heterocycles. The molecule has 0 saturated carbocycles. The SMILES string of the molecule is CC.CN1NCCc2ccncc21.CN1NCCc2cnccc21. The maximum atomic E-state index is 4.08. The van der Waals surface area contributed by atoms with Gasteiger partial charge in [-0.15, -0.1) is 0 Å². The minimum Gasteiger partial charge on any atom is -0.311 e. The van der Waals surface area contributed by atoms with Gasteiger partial charge in [0.25, 0.3) is 0 Å². The Hall–Kier alpha value is -2.18. The largest absolute Gasteiger partial charge is 0.311 e. The number of pyridine rings is 2. The summed E-state index contributed by atoms with van der Waals surface area (Å²) in [5.74, 6) is 0. The van der Waals surface area contributed by atoms with Crippen LogP contribution in [0.5, 0.6) is 0 Å². The maximum absolute atomic E-state index is 4.08. The molecule has 130 valence electrons. The minimum atomic E-state index is 1.01. The van der Waals surface area contributed by atoms with E-state index in [1.54, 1.807) is 0 Å². The predicted octanol–water partition coefficient (Wildman–Crippen LogP) is 2.18. The molecular formula is C18H28N6. The van der Waals surface area contributed by atoms with Crippen molar-refractivity contribution < 1.29 is 0 Å². The van der Waals surface area contributed by atoms with Crippen LogP contribution < -0.4 is 20.9 Å². The van der Waals surface area contributed by atoms with Gasteiger partial charge in [0, 0.05) is 45.8 Å².